The molecule has 0 amide bonds. The first-order valence-electron chi connectivity index (χ1n) is 5.53. The van der Waals surface area contributed by atoms with Crippen LogP contribution in [0.25, 0.3) is 0 Å². The maximum Gasteiger partial charge on any atom is 0.0518 e. The minimum Gasteiger partial charge on any atom is -0.379 e. The summed E-state index contributed by atoms with van der Waals surface area (Å²) in [5, 5.41) is 0. The summed E-state index contributed by atoms with van der Waals surface area (Å²) < 4.78 is 5.47. The van der Waals surface area contributed by atoms with Gasteiger partial charge in [0.1, 0.15) is 0 Å². The van der Waals surface area contributed by atoms with Crippen LogP contribution in [0.15, 0.2) is 0 Å². The van der Waals surface area contributed by atoms with Crippen molar-refractivity contribution in [3.63, 3.8) is 0 Å². The standard InChI is InChI=1S/C12H26O.CH4/c1-11(2)13-10-8-6-7-9-12(3,4)5;/h11H,6-10H2,1-5H3;1H4. The van der Waals surface area contributed by atoms with E-state index in [1.54, 1.807) is 0 Å². The molecule has 0 bridgehead atoms. The molecule has 0 radical (unpaired) electrons. The van der Waals surface area contributed by atoms with E-state index < -0.39 is 0 Å². The van der Waals surface area contributed by atoms with E-state index in [0.717, 1.165) is 6.61 Å². The summed E-state index contributed by atoms with van der Waals surface area (Å²) in [6.07, 6.45) is 5.58. The van der Waals surface area contributed by atoms with Crippen molar-refractivity contribution in [2.24, 2.45) is 5.41 Å². The predicted molar refractivity (Wildman–Crippen MR) is 65.7 cm³/mol. The molecule has 0 aromatic carbocycles. The zero-order valence-corrected chi connectivity index (χ0v) is 10.0. The highest BCUT2D eigenvalue weighted by Gasteiger charge is 2.08. The van der Waals surface area contributed by atoms with Crippen LogP contribution in [0.2, 0.25) is 0 Å². The van der Waals surface area contributed by atoms with Crippen LogP contribution < -0.4 is 0 Å². The maximum absolute atomic E-state index is 5.47. The molecule has 0 atom stereocenters. The summed E-state index contributed by atoms with van der Waals surface area (Å²) in [7, 11) is 0. The Hall–Kier alpha value is -0.0400. The Kier molecular flexibility index (Phi) is 9.70. The van der Waals surface area contributed by atoms with Gasteiger partial charge in [0.2, 0.25) is 0 Å². The molecule has 0 aromatic heterocycles. The fourth-order valence-electron chi connectivity index (χ4n) is 1.25. The number of hydrogen-bond donors (Lipinski definition) is 0. The van der Waals surface area contributed by atoms with Crippen LogP contribution in [0.1, 0.15) is 67.7 Å². The smallest absolute Gasteiger partial charge is 0.0518 e. The van der Waals surface area contributed by atoms with Gasteiger partial charge in [0, 0.05) is 6.61 Å². The van der Waals surface area contributed by atoms with Crippen LogP contribution in [0.4, 0.5) is 0 Å². The molecule has 0 rings (SSSR count). The lowest BCUT2D eigenvalue weighted by Crippen LogP contribution is -2.06. The Morgan fingerprint density at radius 2 is 1.57 bits per heavy atom. The highest BCUT2D eigenvalue weighted by Crippen LogP contribution is 2.21. The van der Waals surface area contributed by atoms with E-state index in [2.05, 4.69) is 34.6 Å². The Labute approximate surface area is 91.2 Å². The number of ether oxygens (including phenoxy) is 1. The molecule has 88 valence electrons. The summed E-state index contributed by atoms with van der Waals surface area (Å²) in [5.74, 6) is 0. The Balaban J connectivity index is 0. The topological polar surface area (TPSA) is 9.23 Å². The number of hydrogen-bond acceptors (Lipinski definition) is 1. The van der Waals surface area contributed by atoms with Gasteiger partial charge in [0.05, 0.1) is 6.10 Å². The van der Waals surface area contributed by atoms with Crippen LogP contribution in [-0.2, 0) is 4.74 Å². The van der Waals surface area contributed by atoms with Gasteiger partial charge >= 0.3 is 0 Å². The summed E-state index contributed by atoms with van der Waals surface area (Å²) in [6, 6.07) is 0. The lowest BCUT2D eigenvalue weighted by atomic mass is 9.89. The van der Waals surface area contributed by atoms with E-state index in [9.17, 15) is 0 Å². The first-order chi connectivity index (χ1) is 5.92. The highest BCUT2D eigenvalue weighted by molar-refractivity contribution is 4.60. The second kappa shape index (κ2) is 8.28. The van der Waals surface area contributed by atoms with Crippen molar-refractivity contribution >= 4 is 0 Å². The molecule has 0 unspecified atom stereocenters. The molecule has 0 aromatic rings. The SMILES string of the molecule is C.CC(C)OCCCCCC(C)(C)C. The zero-order chi connectivity index (χ0) is 10.3. The van der Waals surface area contributed by atoms with Crippen molar-refractivity contribution in [3.8, 4) is 0 Å². The third-order valence-electron chi connectivity index (χ3n) is 2.02. The van der Waals surface area contributed by atoms with Gasteiger partial charge < -0.3 is 4.74 Å². The molecule has 0 aliphatic carbocycles. The maximum atomic E-state index is 5.47. The quantitative estimate of drug-likeness (QED) is 0.569. The molecule has 14 heavy (non-hydrogen) atoms. The van der Waals surface area contributed by atoms with Gasteiger partial charge in [-0.05, 0) is 32.1 Å². The fourth-order valence-corrected chi connectivity index (χ4v) is 1.25. The van der Waals surface area contributed by atoms with Gasteiger partial charge in [0.15, 0.2) is 0 Å². The molecule has 0 aliphatic rings. The van der Waals surface area contributed by atoms with Crippen LogP contribution in [0.5, 0.6) is 0 Å². The van der Waals surface area contributed by atoms with Crippen molar-refractivity contribution in [2.75, 3.05) is 6.61 Å². The molecule has 0 saturated heterocycles. The number of unbranched alkanes of at least 4 members (excludes halogenated alkanes) is 2. The largest absolute Gasteiger partial charge is 0.379 e. The molecule has 0 heterocycles. The van der Waals surface area contributed by atoms with Gasteiger partial charge in [-0.1, -0.05) is 41.0 Å². The van der Waals surface area contributed by atoms with E-state index in [1.807, 2.05) is 0 Å². The Morgan fingerprint density at radius 3 is 2.00 bits per heavy atom. The second-order valence-electron chi connectivity index (χ2n) is 5.29. The lowest BCUT2D eigenvalue weighted by molar-refractivity contribution is 0.0753. The second-order valence-corrected chi connectivity index (χ2v) is 5.29. The minimum atomic E-state index is 0. The third-order valence-corrected chi connectivity index (χ3v) is 2.02. The lowest BCUT2D eigenvalue weighted by Gasteiger charge is -2.17. The summed E-state index contributed by atoms with van der Waals surface area (Å²) in [5.41, 5.74) is 0.499. The van der Waals surface area contributed by atoms with Crippen molar-refractivity contribution in [1.82, 2.24) is 0 Å². The van der Waals surface area contributed by atoms with Gasteiger partial charge in [-0.25, -0.2) is 0 Å². The van der Waals surface area contributed by atoms with E-state index in [-0.39, 0.29) is 7.43 Å². The van der Waals surface area contributed by atoms with E-state index in [4.69, 9.17) is 4.74 Å². The summed E-state index contributed by atoms with van der Waals surface area (Å²) in [6.45, 7) is 12.0. The molecule has 0 fully saturated rings. The van der Waals surface area contributed by atoms with Crippen molar-refractivity contribution in [3.05, 3.63) is 0 Å². The Morgan fingerprint density at radius 1 is 1.00 bits per heavy atom. The Bertz CT molecular complexity index is 111. The van der Waals surface area contributed by atoms with Gasteiger partial charge in [-0.15, -0.1) is 0 Å². The molecule has 1 nitrogen and oxygen atoms in total. The van der Waals surface area contributed by atoms with Crippen molar-refractivity contribution < 1.29 is 4.74 Å². The first-order valence-corrected chi connectivity index (χ1v) is 5.53. The van der Waals surface area contributed by atoms with Crippen LogP contribution >= 0.6 is 0 Å². The van der Waals surface area contributed by atoms with Crippen LogP contribution in [0.3, 0.4) is 0 Å². The van der Waals surface area contributed by atoms with E-state index in [0.29, 0.717) is 11.5 Å². The van der Waals surface area contributed by atoms with Crippen LogP contribution in [-0.4, -0.2) is 12.7 Å². The highest BCUT2D eigenvalue weighted by atomic mass is 16.5. The molecular weight excluding hydrogens is 172 g/mol. The average molecular weight is 202 g/mol. The molecular formula is C13H30O. The number of rotatable bonds is 6. The fraction of sp³-hybridized carbons (Fsp3) is 1.00. The molecule has 0 saturated carbocycles. The minimum absolute atomic E-state index is 0. The van der Waals surface area contributed by atoms with Crippen LogP contribution in [0, 0.1) is 5.41 Å². The molecule has 0 N–H and O–H groups in total. The van der Waals surface area contributed by atoms with Gasteiger partial charge in [-0.3, -0.25) is 0 Å². The first kappa shape index (κ1) is 16.4. The van der Waals surface area contributed by atoms with Crippen molar-refractivity contribution in [1.29, 1.82) is 0 Å². The normalized spacial score (nSPS) is 11.6. The average Bonchev–Trinajstić information content (AvgIpc) is 1.93. The van der Waals surface area contributed by atoms with E-state index in [1.165, 1.54) is 25.7 Å². The third kappa shape index (κ3) is 14.5. The van der Waals surface area contributed by atoms with Gasteiger partial charge in [0.25, 0.3) is 0 Å². The zero-order valence-electron chi connectivity index (χ0n) is 10.0. The monoisotopic (exact) mass is 202 g/mol. The molecule has 1 heteroatoms. The molecule has 0 spiro atoms. The summed E-state index contributed by atoms with van der Waals surface area (Å²) in [4.78, 5) is 0. The van der Waals surface area contributed by atoms with Gasteiger partial charge in [-0.2, -0.15) is 0 Å². The van der Waals surface area contributed by atoms with Crippen molar-refractivity contribution in [2.45, 2.75) is 73.8 Å². The predicted octanol–water partition coefficient (Wildman–Crippen LogP) is 4.65. The molecule has 0 aliphatic heterocycles. The summed E-state index contributed by atoms with van der Waals surface area (Å²) >= 11 is 0. The van der Waals surface area contributed by atoms with E-state index >= 15 is 0 Å².